The average molecular weight is 398 g/mol. The average Bonchev–Trinajstić information content (AvgIpc) is 2.71. The molecule has 3 N–H and O–H groups in total. The molecule has 6 heteroatoms. The predicted molar refractivity (Wildman–Crippen MR) is 118 cm³/mol. The smallest absolute Gasteiger partial charge is 0.251 e. The molecule has 0 heterocycles. The second-order valence-electron chi connectivity index (χ2n) is 7.46. The zero-order valence-electron chi connectivity index (χ0n) is 17.6. The molecule has 2 rings (SSSR count). The van der Waals surface area contributed by atoms with Crippen molar-refractivity contribution in [2.75, 3.05) is 23.8 Å². The van der Waals surface area contributed by atoms with Crippen molar-refractivity contribution in [3.05, 3.63) is 54.1 Å². The lowest BCUT2D eigenvalue weighted by atomic mass is 10.1. The molecule has 2 aromatic carbocycles. The maximum Gasteiger partial charge on any atom is 0.251 e. The first kappa shape index (κ1) is 22.3. The van der Waals surface area contributed by atoms with Gasteiger partial charge in [0.05, 0.1) is 18.8 Å². The number of nitrogens with one attached hydrogen (secondary N) is 3. The fourth-order valence-electron chi connectivity index (χ4n) is 2.49. The van der Waals surface area contributed by atoms with E-state index in [0.717, 1.165) is 17.9 Å². The van der Waals surface area contributed by atoms with Gasteiger partial charge in [0.1, 0.15) is 5.75 Å². The monoisotopic (exact) mass is 397 g/mol. The Balaban J connectivity index is 1.88. The van der Waals surface area contributed by atoms with Crippen molar-refractivity contribution in [3.63, 3.8) is 0 Å². The number of carbonyl (C=O) groups excluding carboxylic acids is 2. The van der Waals surface area contributed by atoms with Crippen LogP contribution in [0.2, 0.25) is 0 Å². The first-order valence-electron chi connectivity index (χ1n) is 10.1. The van der Waals surface area contributed by atoms with E-state index in [4.69, 9.17) is 4.74 Å². The fraction of sp³-hybridized carbons (Fsp3) is 0.391. The molecule has 0 spiro atoms. The highest BCUT2D eigenvalue weighted by Gasteiger charge is 2.10. The van der Waals surface area contributed by atoms with Gasteiger partial charge in [0.2, 0.25) is 5.91 Å². The maximum absolute atomic E-state index is 12.3. The largest absolute Gasteiger partial charge is 0.491 e. The number of ether oxygens (including phenoxy) is 1. The number of para-hydroxylation sites is 2. The molecule has 0 fully saturated rings. The van der Waals surface area contributed by atoms with E-state index in [-0.39, 0.29) is 24.4 Å². The molecule has 156 valence electrons. The third kappa shape index (κ3) is 7.49. The quantitative estimate of drug-likeness (QED) is 0.558. The third-order valence-corrected chi connectivity index (χ3v) is 4.32. The molecule has 29 heavy (non-hydrogen) atoms. The molecule has 2 aromatic rings. The molecule has 0 aliphatic heterocycles. The number of benzene rings is 2. The molecule has 0 radical (unpaired) electrons. The molecule has 1 unspecified atom stereocenters. The highest BCUT2D eigenvalue weighted by molar-refractivity contribution is 5.96. The first-order chi connectivity index (χ1) is 13.9. The van der Waals surface area contributed by atoms with Crippen LogP contribution in [0.4, 0.5) is 11.4 Å². The van der Waals surface area contributed by atoms with Gasteiger partial charge < -0.3 is 20.7 Å². The summed E-state index contributed by atoms with van der Waals surface area (Å²) in [6, 6.07) is 14.5. The van der Waals surface area contributed by atoms with E-state index in [0.29, 0.717) is 23.8 Å². The van der Waals surface area contributed by atoms with Gasteiger partial charge in [-0.25, -0.2) is 0 Å². The molecular formula is C23H31N3O3. The van der Waals surface area contributed by atoms with Crippen molar-refractivity contribution in [2.45, 2.75) is 40.2 Å². The molecule has 0 aromatic heterocycles. The molecule has 0 bridgehead atoms. The van der Waals surface area contributed by atoms with Gasteiger partial charge in [-0.15, -0.1) is 0 Å². The minimum absolute atomic E-state index is 0.109. The highest BCUT2D eigenvalue weighted by Crippen LogP contribution is 2.24. The van der Waals surface area contributed by atoms with Crippen molar-refractivity contribution < 1.29 is 14.3 Å². The van der Waals surface area contributed by atoms with Crippen LogP contribution >= 0.6 is 0 Å². The molecule has 0 saturated heterocycles. The van der Waals surface area contributed by atoms with Crippen LogP contribution in [0.3, 0.4) is 0 Å². The van der Waals surface area contributed by atoms with Crippen LogP contribution in [0.5, 0.6) is 5.75 Å². The minimum Gasteiger partial charge on any atom is -0.491 e. The summed E-state index contributed by atoms with van der Waals surface area (Å²) in [5.41, 5.74) is 1.99. The number of carbonyl (C=O) groups is 2. The van der Waals surface area contributed by atoms with Gasteiger partial charge in [0.25, 0.3) is 5.91 Å². The first-order valence-corrected chi connectivity index (χ1v) is 10.1. The van der Waals surface area contributed by atoms with Crippen LogP contribution in [-0.4, -0.2) is 31.0 Å². The van der Waals surface area contributed by atoms with E-state index in [1.165, 1.54) is 0 Å². The van der Waals surface area contributed by atoms with Crippen molar-refractivity contribution in [2.24, 2.45) is 5.92 Å². The van der Waals surface area contributed by atoms with Crippen LogP contribution in [0.15, 0.2) is 48.5 Å². The van der Waals surface area contributed by atoms with Gasteiger partial charge in [-0.3, -0.25) is 9.59 Å². The van der Waals surface area contributed by atoms with Gasteiger partial charge in [0.15, 0.2) is 0 Å². The van der Waals surface area contributed by atoms with E-state index >= 15 is 0 Å². The second-order valence-corrected chi connectivity index (χ2v) is 7.46. The van der Waals surface area contributed by atoms with Crippen LogP contribution < -0.4 is 20.7 Å². The lowest BCUT2D eigenvalue weighted by Crippen LogP contribution is -2.31. The Morgan fingerprint density at radius 2 is 1.69 bits per heavy atom. The summed E-state index contributed by atoms with van der Waals surface area (Å²) in [5.74, 6) is 0.852. The van der Waals surface area contributed by atoms with Crippen LogP contribution in [-0.2, 0) is 4.79 Å². The summed E-state index contributed by atoms with van der Waals surface area (Å²) in [4.78, 5) is 24.4. The Kier molecular flexibility index (Phi) is 8.52. The fourth-order valence-corrected chi connectivity index (χ4v) is 2.49. The molecule has 0 saturated carbocycles. The van der Waals surface area contributed by atoms with Gasteiger partial charge in [0, 0.05) is 17.3 Å². The predicted octanol–water partition coefficient (Wildman–Crippen LogP) is 4.30. The Morgan fingerprint density at radius 1 is 1.00 bits per heavy atom. The molecule has 1 atom stereocenters. The van der Waals surface area contributed by atoms with E-state index < -0.39 is 0 Å². The number of hydrogen-bond acceptors (Lipinski definition) is 4. The molecule has 2 amide bonds. The highest BCUT2D eigenvalue weighted by atomic mass is 16.5. The van der Waals surface area contributed by atoms with Gasteiger partial charge >= 0.3 is 0 Å². The standard InChI is InChI=1S/C23H31N3O3/c1-5-17(4)25-23(28)18-10-12-19(13-11-18)26-22(27)14-24-20-8-6-7-9-21(20)29-15-16(2)3/h6-13,16-17,24H,5,14-15H2,1-4H3,(H,25,28)(H,26,27). The van der Waals surface area contributed by atoms with Crippen molar-refractivity contribution in [1.29, 1.82) is 0 Å². The van der Waals surface area contributed by atoms with Crippen LogP contribution in [0.1, 0.15) is 44.5 Å². The number of amides is 2. The zero-order chi connectivity index (χ0) is 21.2. The molecule has 0 aliphatic rings. The summed E-state index contributed by atoms with van der Waals surface area (Å²) in [6.45, 7) is 8.88. The van der Waals surface area contributed by atoms with Crippen molar-refractivity contribution in [3.8, 4) is 5.75 Å². The van der Waals surface area contributed by atoms with Gasteiger partial charge in [-0.05, 0) is 55.7 Å². The molecular weight excluding hydrogens is 366 g/mol. The van der Waals surface area contributed by atoms with Crippen molar-refractivity contribution in [1.82, 2.24) is 5.32 Å². The van der Waals surface area contributed by atoms with E-state index in [1.807, 2.05) is 38.1 Å². The second kappa shape index (κ2) is 11.1. The van der Waals surface area contributed by atoms with Gasteiger partial charge in [-0.2, -0.15) is 0 Å². The normalized spacial score (nSPS) is 11.6. The number of anilines is 2. The summed E-state index contributed by atoms with van der Waals surface area (Å²) >= 11 is 0. The minimum atomic E-state index is -0.180. The Morgan fingerprint density at radius 3 is 2.34 bits per heavy atom. The van der Waals surface area contributed by atoms with E-state index in [9.17, 15) is 9.59 Å². The van der Waals surface area contributed by atoms with Gasteiger partial charge in [-0.1, -0.05) is 32.9 Å². The number of hydrogen-bond donors (Lipinski definition) is 3. The zero-order valence-corrected chi connectivity index (χ0v) is 17.6. The summed E-state index contributed by atoms with van der Waals surface area (Å²) in [6.07, 6.45) is 0.874. The van der Waals surface area contributed by atoms with Crippen molar-refractivity contribution >= 4 is 23.2 Å². The maximum atomic E-state index is 12.3. The lowest BCUT2D eigenvalue weighted by molar-refractivity contribution is -0.114. The number of rotatable bonds is 10. The summed E-state index contributed by atoms with van der Waals surface area (Å²) < 4.78 is 5.79. The topological polar surface area (TPSA) is 79.5 Å². The van der Waals surface area contributed by atoms with Crippen LogP contribution in [0, 0.1) is 5.92 Å². The van der Waals surface area contributed by atoms with Crippen LogP contribution in [0.25, 0.3) is 0 Å². The summed E-state index contributed by atoms with van der Waals surface area (Å²) in [7, 11) is 0. The lowest BCUT2D eigenvalue weighted by Gasteiger charge is -2.14. The Hall–Kier alpha value is -3.02. The molecule has 6 nitrogen and oxygen atoms in total. The third-order valence-electron chi connectivity index (χ3n) is 4.32. The molecule has 0 aliphatic carbocycles. The van der Waals surface area contributed by atoms with E-state index in [1.54, 1.807) is 24.3 Å². The SMILES string of the molecule is CCC(C)NC(=O)c1ccc(NC(=O)CNc2ccccc2OCC(C)C)cc1. The van der Waals surface area contributed by atoms with E-state index in [2.05, 4.69) is 29.8 Å². The summed E-state index contributed by atoms with van der Waals surface area (Å²) in [5, 5.41) is 8.86. The Bertz CT molecular complexity index is 803. The Labute approximate surface area is 173 Å².